The maximum Gasteiger partial charge on any atom is 0.334 e. The standard InChI is InChI=1S/C12H7Cl2N3O2/c1-6-10(14)16-12(19)17(11(6)18)9-3-2-7(5-15)4-8(9)13/h2-4H,1H3,(H,16,19). The van der Waals surface area contributed by atoms with Crippen LogP contribution in [-0.4, -0.2) is 9.55 Å². The number of H-pyrrole nitrogens is 1. The van der Waals surface area contributed by atoms with Crippen LogP contribution >= 0.6 is 23.2 Å². The van der Waals surface area contributed by atoms with Crippen molar-refractivity contribution < 1.29 is 0 Å². The molecule has 5 nitrogen and oxygen atoms in total. The van der Waals surface area contributed by atoms with Gasteiger partial charge in [-0.2, -0.15) is 5.26 Å². The summed E-state index contributed by atoms with van der Waals surface area (Å²) in [6.45, 7) is 1.49. The number of nitriles is 1. The Morgan fingerprint density at radius 3 is 2.58 bits per heavy atom. The molecule has 96 valence electrons. The van der Waals surface area contributed by atoms with E-state index in [-0.39, 0.29) is 21.4 Å². The van der Waals surface area contributed by atoms with Gasteiger partial charge in [0.2, 0.25) is 0 Å². The van der Waals surface area contributed by atoms with E-state index in [1.165, 1.54) is 25.1 Å². The number of rotatable bonds is 1. The second-order valence-corrected chi connectivity index (χ2v) is 4.57. The second-order valence-electron chi connectivity index (χ2n) is 3.79. The average Bonchev–Trinajstić information content (AvgIpc) is 2.38. The molecule has 0 bridgehead atoms. The molecular formula is C12H7Cl2N3O2. The van der Waals surface area contributed by atoms with Crippen LogP contribution in [0.15, 0.2) is 27.8 Å². The van der Waals surface area contributed by atoms with Crippen molar-refractivity contribution in [2.45, 2.75) is 6.92 Å². The van der Waals surface area contributed by atoms with Gasteiger partial charge in [0.05, 0.1) is 27.9 Å². The van der Waals surface area contributed by atoms with Gasteiger partial charge in [-0.05, 0) is 25.1 Å². The second kappa shape index (κ2) is 4.92. The van der Waals surface area contributed by atoms with E-state index in [0.717, 1.165) is 4.57 Å². The van der Waals surface area contributed by atoms with Crippen molar-refractivity contribution in [1.82, 2.24) is 9.55 Å². The summed E-state index contributed by atoms with van der Waals surface area (Å²) in [6, 6.07) is 6.20. The molecule has 0 fully saturated rings. The van der Waals surface area contributed by atoms with Gasteiger partial charge in [0.1, 0.15) is 5.15 Å². The molecule has 0 aliphatic heterocycles. The van der Waals surface area contributed by atoms with Crippen molar-refractivity contribution in [3.63, 3.8) is 0 Å². The molecule has 7 heteroatoms. The number of hydrogen-bond acceptors (Lipinski definition) is 3. The average molecular weight is 296 g/mol. The molecule has 2 aromatic rings. The molecule has 2 rings (SSSR count). The van der Waals surface area contributed by atoms with Crippen LogP contribution in [0.4, 0.5) is 0 Å². The van der Waals surface area contributed by atoms with Crippen LogP contribution in [0.1, 0.15) is 11.1 Å². The lowest BCUT2D eigenvalue weighted by Gasteiger charge is -2.08. The van der Waals surface area contributed by atoms with Gasteiger partial charge in [-0.1, -0.05) is 23.2 Å². The van der Waals surface area contributed by atoms with Gasteiger partial charge < -0.3 is 0 Å². The molecule has 0 saturated carbocycles. The first-order chi connectivity index (χ1) is 8.95. The third-order valence-electron chi connectivity index (χ3n) is 2.59. The summed E-state index contributed by atoms with van der Waals surface area (Å²) in [5.41, 5.74) is -0.496. The molecule has 1 aromatic heterocycles. The zero-order valence-corrected chi connectivity index (χ0v) is 11.2. The third kappa shape index (κ3) is 2.28. The fourth-order valence-corrected chi connectivity index (χ4v) is 2.00. The largest absolute Gasteiger partial charge is 0.334 e. The zero-order valence-electron chi connectivity index (χ0n) is 9.70. The highest BCUT2D eigenvalue weighted by Gasteiger charge is 2.13. The van der Waals surface area contributed by atoms with Gasteiger partial charge >= 0.3 is 5.69 Å². The van der Waals surface area contributed by atoms with Gasteiger partial charge in [-0.25, -0.2) is 9.36 Å². The maximum atomic E-state index is 12.1. The highest BCUT2D eigenvalue weighted by atomic mass is 35.5. The first-order valence-electron chi connectivity index (χ1n) is 5.17. The lowest BCUT2D eigenvalue weighted by molar-refractivity contribution is 0.860. The molecule has 1 heterocycles. The van der Waals surface area contributed by atoms with Crippen LogP contribution in [-0.2, 0) is 0 Å². The fraction of sp³-hybridized carbons (Fsp3) is 0.0833. The minimum Gasteiger partial charge on any atom is -0.297 e. The topological polar surface area (TPSA) is 78.7 Å². The normalized spacial score (nSPS) is 10.2. The molecule has 1 N–H and O–H groups in total. The van der Waals surface area contributed by atoms with E-state index in [9.17, 15) is 9.59 Å². The van der Waals surface area contributed by atoms with Gasteiger partial charge in [0.25, 0.3) is 5.56 Å². The SMILES string of the molecule is Cc1c(Cl)[nH]c(=O)n(-c2ccc(C#N)cc2Cl)c1=O. The molecular weight excluding hydrogens is 289 g/mol. The van der Waals surface area contributed by atoms with E-state index in [0.29, 0.717) is 5.56 Å². The maximum absolute atomic E-state index is 12.1. The lowest BCUT2D eigenvalue weighted by atomic mass is 10.2. The van der Waals surface area contributed by atoms with Crippen molar-refractivity contribution >= 4 is 23.2 Å². The van der Waals surface area contributed by atoms with Gasteiger partial charge in [0.15, 0.2) is 0 Å². The monoisotopic (exact) mass is 295 g/mol. The number of aromatic nitrogens is 2. The quantitative estimate of drug-likeness (QED) is 0.818. The van der Waals surface area contributed by atoms with E-state index < -0.39 is 11.2 Å². The smallest absolute Gasteiger partial charge is 0.297 e. The Morgan fingerprint density at radius 1 is 1.32 bits per heavy atom. The predicted octanol–water partition coefficient (Wildman–Crippen LogP) is 2.01. The Bertz CT molecular complexity index is 815. The summed E-state index contributed by atoms with van der Waals surface area (Å²) < 4.78 is 0.880. The van der Waals surface area contributed by atoms with E-state index in [2.05, 4.69) is 4.98 Å². The molecule has 0 atom stereocenters. The van der Waals surface area contributed by atoms with Crippen LogP contribution < -0.4 is 11.2 Å². The Balaban J connectivity index is 2.81. The molecule has 0 unspecified atom stereocenters. The van der Waals surface area contributed by atoms with Crippen molar-refractivity contribution in [2.24, 2.45) is 0 Å². The Hall–Kier alpha value is -2.03. The van der Waals surface area contributed by atoms with Crippen LogP contribution in [0, 0.1) is 18.3 Å². The van der Waals surface area contributed by atoms with Crippen LogP contribution in [0.5, 0.6) is 0 Å². The van der Waals surface area contributed by atoms with Crippen LogP contribution in [0.3, 0.4) is 0 Å². The summed E-state index contributed by atoms with van der Waals surface area (Å²) >= 11 is 11.7. The van der Waals surface area contributed by atoms with Crippen LogP contribution in [0.2, 0.25) is 10.2 Å². The summed E-state index contributed by atoms with van der Waals surface area (Å²) in [5, 5.41) is 8.88. The molecule has 0 radical (unpaired) electrons. The third-order valence-corrected chi connectivity index (χ3v) is 3.27. The highest BCUT2D eigenvalue weighted by molar-refractivity contribution is 6.32. The van der Waals surface area contributed by atoms with Crippen molar-refractivity contribution in [3.05, 3.63) is 60.3 Å². The number of nitrogens with one attached hydrogen (secondary N) is 1. The fourth-order valence-electron chi connectivity index (χ4n) is 1.57. The molecule has 19 heavy (non-hydrogen) atoms. The predicted molar refractivity (Wildman–Crippen MR) is 72.1 cm³/mol. The number of aromatic amines is 1. The molecule has 0 amide bonds. The first-order valence-corrected chi connectivity index (χ1v) is 5.92. The summed E-state index contributed by atoms with van der Waals surface area (Å²) in [7, 11) is 0. The van der Waals surface area contributed by atoms with E-state index in [4.69, 9.17) is 28.5 Å². The Labute approximate surface area is 117 Å². The van der Waals surface area contributed by atoms with E-state index in [1.54, 1.807) is 0 Å². The summed E-state index contributed by atoms with van der Waals surface area (Å²) in [5.74, 6) is 0. The van der Waals surface area contributed by atoms with E-state index >= 15 is 0 Å². The number of hydrogen-bond donors (Lipinski definition) is 1. The van der Waals surface area contributed by atoms with Gasteiger partial charge in [-0.15, -0.1) is 0 Å². The van der Waals surface area contributed by atoms with Crippen LogP contribution in [0.25, 0.3) is 5.69 Å². The van der Waals surface area contributed by atoms with Crippen molar-refractivity contribution in [3.8, 4) is 11.8 Å². The molecule has 0 saturated heterocycles. The Morgan fingerprint density at radius 2 is 2.00 bits per heavy atom. The lowest BCUT2D eigenvalue weighted by Crippen LogP contribution is -2.35. The van der Waals surface area contributed by atoms with Crippen molar-refractivity contribution in [2.75, 3.05) is 0 Å². The first kappa shape index (κ1) is 13.4. The van der Waals surface area contributed by atoms with E-state index in [1.807, 2.05) is 6.07 Å². The minimum absolute atomic E-state index is 0.00369. The minimum atomic E-state index is -0.688. The molecule has 0 aliphatic carbocycles. The number of benzene rings is 1. The van der Waals surface area contributed by atoms with Gasteiger partial charge in [0, 0.05) is 0 Å². The molecule has 0 aliphatic rings. The number of halogens is 2. The Kier molecular flexibility index (Phi) is 3.47. The zero-order chi connectivity index (χ0) is 14.2. The summed E-state index contributed by atoms with van der Waals surface area (Å²) in [4.78, 5) is 26.2. The molecule has 0 spiro atoms. The molecule has 1 aromatic carbocycles. The summed E-state index contributed by atoms with van der Waals surface area (Å²) in [6.07, 6.45) is 0. The van der Waals surface area contributed by atoms with Crippen molar-refractivity contribution in [1.29, 1.82) is 5.26 Å². The number of nitrogens with zero attached hydrogens (tertiary/aromatic N) is 2. The van der Waals surface area contributed by atoms with Gasteiger partial charge in [-0.3, -0.25) is 9.78 Å². The highest BCUT2D eigenvalue weighted by Crippen LogP contribution is 2.19.